The molecule has 0 aliphatic heterocycles. The topological polar surface area (TPSA) is 54.9 Å². The Bertz CT molecular complexity index is 1010. The van der Waals surface area contributed by atoms with Crippen molar-refractivity contribution in [2.45, 2.75) is 38.0 Å². The molecule has 1 aromatic heterocycles. The molecular weight excluding hydrogens is 310 g/mol. The molecule has 2 bridgehead atoms. The highest BCUT2D eigenvalue weighted by Gasteiger charge is 2.39. The van der Waals surface area contributed by atoms with Crippen LogP contribution in [0.5, 0.6) is 0 Å². The number of hydrogen-bond donors (Lipinski definition) is 1. The molecular formula is C21H19N3O. The molecule has 5 rings (SSSR count). The number of hydrogen-bond acceptors (Lipinski definition) is 3. The monoisotopic (exact) mass is 329 g/mol. The van der Waals surface area contributed by atoms with Crippen LogP contribution in [-0.4, -0.2) is 15.9 Å². The minimum atomic E-state index is -0.115. The van der Waals surface area contributed by atoms with Gasteiger partial charge in [0.05, 0.1) is 22.4 Å². The first-order valence-corrected chi connectivity index (χ1v) is 8.87. The summed E-state index contributed by atoms with van der Waals surface area (Å²) in [5.74, 6) is 1.05. The van der Waals surface area contributed by atoms with Crippen LogP contribution < -0.4 is 5.32 Å². The van der Waals surface area contributed by atoms with Crippen molar-refractivity contribution >= 4 is 22.6 Å². The van der Waals surface area contributed by atoms with E-state index in [1.165, 1.54) is 30.7 Å². The van der Waals surface area contributed by atoms with Crippen LogP contribution in [-0.2, 0) is 0 Å². The van der Waals surface area contributed by atoms with Gasteiger partial charge in [-0.1, -0.05) is 12.1 Å². The van der Waals surface area contributed by atoms with Crippen LogP contribution in [0.1, 0.15) is 58.4 Å². The van der Waals surface area contributed by atoms with Crippen molar-refractivity contribution in [3.63, 3.8) is 0 Å². The Hall–Kier alpha value is -2.75. The molecule has 124 valence electrons. The van der Waals surface area contributed by atoms with Crippen molar-refractivity contribution in [2.75, 3.05) is 5.32 Å². The maximum atomic E-state index is 12.6. The summed E-state index contributed by atoms with van der Waals surface area (Å²) in [6, 6.07) is 13.4. The predicted octanol–water partition coefficient (Wildman–Crippen LogP) is 4.56. The van der Waals surface area contributed by atoms with E-state index in [2.05, 4.69) is 5.32 Å². The van der Waals surface area contributed by atoms with Crippen molar-refractivity contribution in [3.8, 4) is 0 Å². The van der Waals surface area contributed by atoms with Crippen LogP contribution in [0.25, 0.3) is 11.0 Å². The average Bonchev–Trinajstić information content (AvgIpc) is 3.21. The normalized spacial score (nSPS) is 20.7. The van der Waals surface area contributed by atoms with E-state index in [-0.39, 0.29) is 5.91 Å². The highest BCUT2D eigenvalue weighted by Crippen LogP contribution is 2.51. The second kappa shape index (κ2) is 5.38. The third-order valence-corrected chi connectivity index (χ3v) is 5.46. The maximum absolute atomic E-state index is 12.6. The average molecular weight is 329 g/mol. The lowest BCUT2D eigenvalue weighted by Crippen LogP contribution is -2.12. The SMILES string of the molecule is Cc1cccc(NC(=O)c2ccc3nc4c(nc3c2)C2CCC4C2)c1. The summed E-state index contributed by atoms with van der Waals surface area (Å²) in [6.45, 7) is 2.01. The molecule has 4 heteroatoms. The maximum Gasteiger partial charge on any atom is 0.255 e. The second-order valence-electron chi connectivity index (χ2n) is 7.23. The zero-order chi connectivity index (χ0) is 17.0. The van der Waals surface area contributed by atoms with Gasteiger partial charge in [0, 0.05) is 23.1 Å². The molecule has 1 heterocycles. The number of carbonyl (C=O) groups excluding carboxylic acids is 1. The molecule has 1 fully saturated rings. The van der Waals surface area contributed by atoms with Gasteiger partial charge in [-0.3, -0.25) is 4.79 Å². The Morgan fingerprint density at radius 2 is 1.76 bits per heavy atom. The van der Waals surface area contributed by atoms with E-state index in [1.54, 1.807) is 0 Å². The van der Waals surface area contributed by atoms with Gasteiger partial charge >= 0.3 is 0 Å². The number of aromatic nitrogens is 2. The van der Waals surface area contributed by atoms with Crippen LogP contribution in [0, 0.1) is 6.92 Å². The summed E-state index contributed by atoms with van der Waals surface area (Å²) >= 11 is 0. The van der Waals surface area contributed by atoms with E-state index in [0.29, 0.717) is 17.4 Å². The van der Waals surface area contributed by atoms with Gasteiger partial charge in [0.25, 0.3) is 5.91 Å². The van der Waals surface area contributed by atoms with Gasteiger partial charge in [-0.2, -0.15) is 0 Å². The molecule has 4 nitrogen and oxygen atoms in total. The number of nitrogens with one attached hydrogen (secondary N) is 1. The second-order valence-corrected chi connectivity index (χ2v) is 7.23. The van der Waals surface area contributed by atoms with E-state index in [9.17, 15) is 4.79 Å². The van der Waals surface area contributed by atoms with Crippen molar-refractivity contribution in [1.82, 2.24) is 9.97 Å². The highest BCUT2D eigenvalue weighted by atomic mass is 16.1. The fourth-order valence-corrected chi connectivity index (χ4v) is 4.23. The Kier molecular flexibility index (Phi) is 3.14. The fraction of sp³-hybridized carbons (Fsp3) is 0.286. The Balaban J connectivity index is 1.49. The largest absolute Gasteiger partial charge is 0.322 e. The molecule has 2 aromatic carbocycles. The molecule has 2 unspecified atom stereocenters. The highest BCUT2D eigenvalue weighted by molar-refractivity contribution is 6.05. The summed E-state index contributed by atoms with van der Waals surface area (Å²) in [4.78, 5) is 22.3. The summed E-state index contributed by atoms with van der Waals surface area (Å²) in [5, 5.41) is 2.96. The molecule has 25 heavy (non-hydrogen) atoms. The third kappa shape index (κ3) is 2.40. The van der Waals surface area contributed by atoms with Crippen molar-refractivity contribution in [3.05, 3.63) is 65.0 Å². The summed E-state index contributed by atoms with van der Waals surface area (Å²) in [7, 11) is 0. The van der Waals surface area contributed by atoms with Crippen molar-refractivity contribution in [1.29, 1.82) is 0 Å². The molecule has 1 amide bonds. The van der Waals surface area contributed by atoms with Gasteiger partial charge in [-0.15, -0.1) is 0 Å². The van der Waals surface area contributed by atoms with E-state index in [1.807, 2.05) is 49.4 Å². The predicted molar refractivity (Wildman–Crippen MR) is 98.0 cm³/mol. The third-order valence-electron chi connectivity index (χ3n) is 5.46. The number of benzene rings is 2. The zero-order valence-corrected chi connectivity index (χ0v) is 14.1. The Morgan fingerprint density at radius 3 is 2.52 bits per heavy atom. The van der Waals surface area contributed by atoms with E-state index >= 15 is 0 Å². The number of amides is 1. The lowest BCUT2D eigenvalue weighted by molar-refractivity contribution is 0.102. The van der Waals surface area contributed by atoms with Crippen molar-refractivity contribution < 1.29 is 4.79 Å². The first kappa shape index (κ1) is 14.6. The fourth-order valence-electron chi connectivity index (χ4n) is 4.23. The van der Waals surface area contributed by atoms with Crippen LogP contribution >= 0.6 is 0 Å². The Labute approximate surface area is 146 Å². The molecule has 2 aliphatic rings. The van der Waals surface area contributed by atoms with E-state index in [4.69, 9.17) is 9.97 Å². The first-order valence-electron chi connectivity index (χ1n) is 8.87. The van der Waals surface area contributed by atoms with Gasteiger partial charge in [-0.05, 0) is 62.1 Å². The van der Waals surface area contributed by atoms with Gasteiger partial charge in [0.1, 0.15) is 0 Å². The Morgan fingerprint density at radius 1 is 1.00 bits per heavy atom. The van der Waals surface area contributed by atoms with Crippen LogP contribution in [0.2, 0.25) is 0 Å². The number of rotatable bonds is 2. The number of fused-ring (bicyclic) bond motifs is 6. The molecule has 1 saturated carbocycles. The minimum Gasteiger partial charge on any atom is -0.322 e. The zero-order valence-electron chi connectivity index (χ0n) is 14.1. The van der Waals surface area contributed by atoms with Crippen LogP contribution in [0.4, 0.5) is 5.69 Å². The number of anilines is 1. The lowest BCUT2D eigenvalue weighted by atomic mass is 10.00. The summed E-state index contributed by atoms with van der Waals surface area (Å²) < 4.78 is 0. The first-order chi connectivity index (χ1) is 12.2. The molecule has 1 N–H and O–H groups in total. The number of nitrogens with zero attached hydrogens (tertiary/aromatic N) is 2. The molecule has 3 aromatic rings. The van der Waals surface area contributed by atoms with Gasteiger partial charge in [-0.25, -0.2) is 9.97 Å². The number of carbonyl (C=O) groups is 1. The van der Waals surface area contributed by atoms with Crippen LogP contribution in [0.15, 0.2) is 42.5 Å². The lowest BCUT2D eigenvalue weighted by Gasteiger charge is -2.14. The van der Waals surface area contributed by atoms with E-state index < -0.39 is 0 Å². The molecule has 0 spiro atoms. The minimum absolute atomic E-state index is 0.115. The standard InChI is InChI=1S/C21H19N3O/c1-12-3-2-4-16(9-12)22-21(25)15-7-8-17-18(11-15)24-20-14-6-5-13(10-14)19(20)23-17/h2-4,7-9,11,13-14H,5-6,10H2,1H3,(H,22,25). The molecule has 2 atom stereocenters. The van der Waals surface area contributed by atoms with Crippen molar-refractivity contribution in [2.24, 2.45) is 0 Å². The van der Waals surface area contributed by atoms with Gasteiger partial charge < -0.3 is 5.32 Å². The summed E-state index contributed by atoms with van der Waals surface area (Å²) in [5.41, 5.74) is 6.61. The summed E-state index contributed by atoms with van der Waals surface area (Å²) in [6.07, 6.45) is 3.67. The molecule has 0 radical (unpaired) electrons. The van der Waals surface area contributed by atoms with Gasteiger partial charge in [0.15, 0.2) is 0 Å². The van der Waals surface area contributed by atoms with Gasteiger partial charge in [0.2, 0.25) is 0 Å². The molecule has 0 saturated heterocycles. The number of aryl methyl sites for hydroxylation is 1. The smallest absolute Gasteiger partial charge is 0.255 e. The van der Waals surface area contributed by atoms with Crippen LogP contribution in [0.3, 0.4) is 0 Å². The van der Waals surface area contributed by atoms with E-state index in [0.717, 1.165) is 22.3 Å². The molecule has 2 aliphatic carbocycles. The quantitative estimate of drug-likeness (QED) is 0.750.